The van der Waals surface area contributed by atoms with Crippen molar-refractivity contribution in [3.63, 3.8) is 0 Å². The van der Waals surface area contributed by atoms with Gasteiger partial charge in [-0.1, -0.05) is 6.42 Å². The van der Waals surface area contributed by atoms with E-state index >= 15 is 0 Å². The third-order valence-electron chi connectivity index (χ3n) is 5.14. The van der Waals surface area contributed by atoms with Crippen molar-refractivity contribution in [3.8, 4) is 0 Å². The molecule has 0 bridgehead atoms. The summed E-state index contributed by atoms with van der Waals surface area (Å²) in [5.41, 5.74) is 0.205. The SMILES string of the molecule is OCC12CCCNC1C1CCCCN1CC2. The molecule has 3 rings (SSSR count). The average Bonchev–Trinajstić information content (AvgIpc) is 2.38. The van der Waals surface area contributed by atoms with Gasteiger partial charge in [-0.2, -0.15) is 0 Å². The van der Waals surface area contributed by atoms with Crippen LogP contribution in [-0.4, -0.2) is 48.3 Å². The van der Waals surface area contributed by atoms with E-state index in [2.05, 4.69) is 10.2 Å². The number of nitrogens with zero attached hydrogens (tertiary/aromatic N) is 1. The van der Waals surface area contributed by atoms with Gasteiger partial charge in [0.05, 0.1) is 6.61 Å². The van der Waals surface area contributed by atoms with Gasteiger partial charge in [0.1, 0.15) is 0 Å². The lowest BCUT2D eigenvalue weighted by Gasteiger charge is -2.56. The summed E-state index contributed by atoms with van der Waals surface area (Å²) in [4.78, 5) is 2.67. The fraction of sp³-hybridized carbons (Fsp3) is 1.00. The second kappa shape index (κ2) is 4.28. The summed E-state index contributed by atoms with van der Waals surface area (Å²) >= 11 is 0. The molecular weight excluding hydrogens is 200 g/mol. The Bertz CT molecular complexity index is 258. The van der Waals surface area contributed by atoms with E-state index in [1.807, 2.05) is 0 Å². The molecule has 3 unspecified atom stereocenters. The molecule has 0 aromatic rings. The highest BCUT2D eigenvalue weighted by molar-refractivity contribution is 5.05. The highest BCUT2D eigenvalue weighted by Crippen LogP contribution is 2.43. The lowest BCUT2D eigenvalue weighted by atomic mass is 9.65. The van der Waals surface area contributed by atoms with Crippen LogP contribution >= 0.6 is 0 Å². The Morgan fingerprint density at radius 3 is 3.00 bits per heavy atom. The molecule has 3 heteroatoms. The van der Waals surface area contributed by atoms with E-state index in [0.717, 1.165) is 6.54 Å². The van der Waals surface area contributed by atoms with Gasteiger partial charge in [-0.25, -0.2) is 0 Å². The Labute approximate surface area is 98.2 Å². The fourth-order valence-electron chi connectivity index (χ4n) is 4.19. The van der Waals surface area contributed by atoms with Crippen LogP contribution in [0.1, 0.15) is 38.5 Å². The Morgan fingerprint density at radius 2 is 2.12 bits per heavy atom. The standard InChI is InChI=1S/C13H24N2O/c16-10-13-5-3-7-14-12(13)11-4-1-2-8-15(11)9-6-13/h11-12,14,16H,1-10H2. The molecule has 2 N–H and O–H groups in total. The van der Waals surface area contributed by atoms with E-state index in [1.165, 1.54) is 51.6 Å². The molecule has 0 aromatic carbocycles. The molecule has 3 heterocycles. The van der Waals surface area contributed by atoms with Crippen molar-refractivity contribution in [2.24, 2.45) is 5.41 Å². The Hall–Kier alpha value is -0.120. The normalized spacial score (nSPS) is 44.8. The molecule has 92 valence electrons. The molecule has 0 aromatic heterocycles. The van der Waals surface area contributed by atoms with Gasteiger partial charge in [0.25, 0.3) is 0 Å². The molecule has 3 saturated heterocycles. The largest absolute Gasteiger partial charge is 0.396 e. The van der Waals surface area contributed by atoms with Gasteiger partial charge in [-0.3, -0.25) is 4.90 Å². The van der Waals surface area contributed by atoms with Gasteiger partial charge < -0.3 is 10.4 Å². The number of hydrogen-bond acceptors (Lipinski definition) is 3. The van der Waals surface area contributed by atoms with E-state index in [1.54, 1.807) is 0 Å². The topological polar surface area (TPSA) is 35.5 Å². The number of aliphatic hydroxyl groups excluding tert-OH is 1. The molecule has 0 aliphatic carbocycles. The van der Waals surface area contributed by atoms with E-state index in [4.69, 9.17) is 0 Å². The number of aliphatic hydroxyl groups is 1. The molecule has 3 aliphatic heterocycles. The second-order valence-electron chi connectivity index (χ2n) is 5.90. The average molecular weight is 224 g/mol. The fourth-order valence-corrected chi connectivity index (χ4v) is 4.19. The maximum Gasteiger partial charge on any atom is 0.0503 e. The monoisotopic (exact) mass is 224 g/mol. The smallest absolute Gasteiger partial charge is 0.0503 e. The first-order valence-electron chi connectivity index (χ1n) is 6.94. The summed E-state index contributed by atoms with van der Waals surface area (Å²) in [7, 11) is 0. The minimum atomic E-state index is 0.205. The molecule has 0 spiro atoms. The third kappa shape index (κ3) is 1.60. The Balaban J connectivity index is 1.83. The lowest BCUT2D eigenvalue weighted by molar-refractivity contribution is -0.0584. The number of piperidine rings is 3. The number of fused-ring (bicyclic) bond motifs is 3. The van der Waals surface area contributed by atoms with Crippen LogP contribution in [0.5, 0.6) is 0 Å². The van der Waals surface area contributed by atoms with Crippen LogP contribution < -0.4 is 5.32 Å². The predicted molar refractivity (Wildman–Crippen MR) is 64.4 cm³/mol. The minimum absolute atomic E-state index is 0.205. The third-order valence-corrected chi connectivity index (χ3v) is 5.14. The van der Waals surface area contributed by atoms with Gasteiger partial charge in [0.15, 0.2) is 0 Å². The van der Waals surface area contributed by atoms with Crippen LogP contribution in [0.4, 0.5) is 0 Å². The van der Waals surface area contributed by atoms with Crippen molar-refractivity contribution in [2.75, 3.05) is 26.2 Å². The number of nitrogens with one attached hydrogen (secondary N) is 1. The molecule has 3 aliphatic rings. The van der Waals surface area contributed by atoms with Crippen molar-refractivity contribution in [2.45, 2.75) is 50.6 Å². The van der Waals surface area contributed by atoms with E-state index < -0.39 is 0 Å². The quantitative estimate of drug-likeness (QED) is 0.697. The van der Waals surface area contributed by atoms with E-state index in [-0.39, 0.29) is 5.41 Å². The molecule has 0 amide bonds. The molecule has 3 nitrogen and oxygen atoms in total. The molecular formula is C13H24N2O. The summed E-state index contributed by atoms with van der Waals surface area (Å²) in [5.74, 6) is 0. The summed E-state index contributed by atoms with van der Waals surface area (Å²) in [6.07, 6.45) is 7.74. The Morgan fingerprint density at radius 1 is 1.19 bits per heavy atom. The highest BCUT2D eigenvalue weighted by atomic mass is 16.3. The highest BCUT2D eigenvalue weighted by Gasteiger charge is 2.49. The number of rotatable bonds is 1. The zero-order valence-corrected chi connectivity index (χ0v) is 10.1. The summed E-state index contributed by atoms with van der Waals surface area (Å²) in [5, 5.41) is 13.5. The summed E-state index contributed by atoms with van der Waals surface area (Å²) < 4.78 is 0. The van der Waals surface area contributed by atoms with Crippen molar-refractivity contribution in [1.29, 1.82) is 0 Å². The van der Waals surface area contributed by atoms with Crippen molar-refractivity contribution >= 4 is 0 Å². The lowest BCUT2D eigenvalue weighted by Crippen LogP contribution is -2.67. The van der Waals surface area contributed by atoms with Crippen LogP contribution in [-0.2, 0) is 0 Å². The van der Waals surface area contributed by atoms with Gasteiger partial charge in [0.2, 0.25) is 0 Å². The second-order valence-corrected chi connectivity index (χ2v) is 5.90. The van der Waals surface area contributed by atoms with Crippen molar-refractivity contribution in [3.05, 3.63) is 0 Å². The van der Waals surface area contributed by atoms with Gasteiger partial charge in [-0.05, 0) is 51.7 Å². The first-order valence-corrected chi connectivity index (χ1v) is 6.94. The zero-order valence-electron chi connectivity index (χ0n) is 10.1. The molecule has 0 radical (unpaired) electrons. The first-order chi connectivity index (χ1) is 7.86. The molecule has 3 atom stereocenters. The molecule has 0 saturated carbocycles. The summed E-state index contributed by atoms with van der Waals surface area (Å²) in [6.45, 7) is 4.03. The van der Waals surface area contributed by atoms with Crippen LogP contribution in [0, 0.1) is 5.41 Å². The van der Waals surface area contributed by atoms with Gasteiger partial charge in [-0.15, -0.1) is 0 Å². The molecule has 3 fully saturated rings. The van der Waals surface area contributed by atoms with Crippen LogP contribution in [0.15, 0.2) is 0 Å². The maximum atomic E-state index is 9.81. The maximum absolute atomic E-state index is 9.81. The minimum Gasteiger partial charge on any atom is -0.396 e. The Kier molecular flexibility index (Phi) is 2.94. The summed E-state index contributed by atoms with van der Waals surface area (Å²) in [6, 6.07) is 1.26. The van der Waals surface area contributed by atoms with Gasteiger partial charge in [0, 0.05) is 17.5 Å². The van der Waals surface area contributed by atoms with Crippen LogP contribution in [0.25, 0.3) is 0 Å². The first kappa shape index (κ1) is 11.0. The zero-order chi connectivity index (χ0) is 11.0. The van der Waals surface area contributed by atoms with Gasteiger partial charge >= 0.3 is 0 Å². The number of hydrogen-bond donors (Lipinski definition) is 2. The molecule has 16 heavy (non-hydrogen) atoms. The predicted octanol–water partition coefficient (Wildman–Crippen LogP) is 0.975. The van der Waals surface area contributed by atoms with Crippen LogP contribution in [0.2, 0.25) is 0 Å². The van der Waals surface area contributed by atoms with Crippen molar-refractivity contribution < 1.29 is 5.11 Å². The van der Waals surface area contributed by atoms with Crippen molar-refractivity contribution in [1.82, 2.24) is 10.2 Å². The van der Waals surface area contributed by atoms with E-state index in [0.29, 0.717) is 18.7 Å². The van der Waals surface area contributed by atoms with E-state index in [9.17, 15) is 5.11 Å². The van der Waals surface area contributed by atoms with Crippen LogP contribution in [0.3, 0.4) is 0 Å².